The number of rotatable bonds is 7. The first-order valence-electron chi connectivity index (χ1n) is 6.96. The number of urea groups is 1. The second-order valence-electron chi connectivity index (χ2n) is 5.09. The number of hydrogen-bond donors (Lipinski definition) is 3. The van der Waals surface area contributed by atoms with Crippen molar-refractivity contribution < 1.29 is 9.59 Å². The van der Waals surface area contributed by atoms with E-state index in [9.17, 15) is 9.59 Å². The molecule has 4 N–H and O–H groups in total. The Labute approximate surface area is 119 Å². The Kier molecular flexibility index (Phi) is 7.70. The van der Waals surface area contributed by atoms with Crippen LogP contribution in [0.4, 0.5) is 4.79 Å². The normalized spacial score (nSPS) is 17.7. The highest BCUT2D eigenvalue weighted by atomic mass is 32.2. The van der Waals surface area contributed by atoms with Gasteiger partial charge < -0.3 is 16.4 Å². The van der Waals surface area contributed by atoms with E-state index >= 15 is 0 Å². The molecule has 19 heavy (non-hydrogen) atoms. The Morgan fingerprint density at radius 3 is 2.58 bits per heavy atom. The molecule has 1 aliphatic carbocycles. The molecule has 0 spiro atoms. The minimum absolute atomic E-state index is 0.113. The predicted molar refractivity (Wildman–Crippen MR) is 79.1 cm³/mol. The van der Waals surface area contributed by atoms with E-state index in [2.05, 4.69) is 10.6 Å². The molecular weight excluding hydrogens is 262 g/mol. The third kappa shape index (κ3) is 6.71. The molecule has 0 radical (unpaired) electrons. The zero-order chi connectivity index (χ0) is 14.1. The van der Waals surface area contributed by atoms with Gasteiger partial charge in [0.05, 0.1) is 0 Å². The van der Waals surface area contributed by atoms with Crippen molar-refractivity contribution in [1.29, 1.82) is 0 Å². The monoisotopic (exact) mass is 287 g/mol. The standard InChI is InChI=1S/C13H25N3O2S/c1-19-8-7-11(16-13(14)18)12(17)15-9-10-5-3-2-4-6-10/h10-11H,2-9H2,1H3,(H,15,17)(H3,14,16,18)/t11-/m1/s1. The number of amides is 3. The van der Waals surface area contributed by atoms with Crippen molar-refractivity contribution in [3.05, 3.63) is 0 Å². The summed E-state index contributed by atoms with van der Waals surface area (Å²) < 4.78 is 0. The number of nitrogens with two attached hydrogens (primary N) is 1. The number of nitrogens with one attached hydrogen (secondary N) is 2. The molecule has 1 aliphatic rings. The lowest BCUT2D eigenvalue weighted by Gasteiger charge is -2.23. The van der Waals surface area contributed by atoms with Gasteiger partial charge in [0.2, 0.25) is 5.91 Å². The van der Waals surface area contributed by atoms with E-state index in [1.54, 1.807) is 11.8 Å². The summed E-state index contributed by atoms with van der Waals surface area (Å²) in [6.07, 6.45) is 8.80. The zero-order valence-electron chi connectivity index (χ0n) is 11.6. The molecule has 0 aromatic heterocycles. The maximum Gasteiger partial charge on any atom is 0.312 e. The molecule has 5 nitrogen and oxygen atoms in total. The van der Waals surface area contributed by atoms with Gasteiger partial charge in [-0.3, -0.25) is 4.79 Å². The summed E-state index contributed by atoms with van der Waals surface area (Å²) in [5.74, 6) is 1.30. The number of primary amides is 1. The van der Waals surface area contributed by atoms with E-state index in [1.807, 2.05) is 6.26 Å². The molecule has 1 rings (SSSR count). The van der Waals surface area contributed by atoms with E-state index in [0.29, 0.717) is 12.3 Å². The third-order valence-corrected chi connectivity index (χ3v) is 4.18. The quantitative estimate of drug-likeness (QED) is 0.663. The van der Waals surface area contributed by atoms with E-state index in [4.69, 9.17) is 5.73 Å². The smallest absolute Gasteiger partial charge is 0.312 e. The third-order valence-electron chi connectivity index (χ3n) is 3.53. The molecule has 0 aliphatic heterocycles. The van der Waals surface area contributed by atoms with E-state index in [-0.39, 0.29) is 5.91 Å². The Morgan fingerprint density at radius 1 is 1.32 bits per heavy atom. The molecular formula is C13H25N3O2S. The molecule has 110 valence electrons. The van der Waals surface area contributed by atoms with Crippen molar-refractivity contribution in [3.63, 3.8) is 0 Å². The summed E-state index contributed by atoms with van der Waals surface area (Å²) >= 11 is 1.65. The molecule has 3 amide bonds. The van der Waals surface area contributed by atoms with Gasteiger partial charge in [-0.1, -0.05) is 19.3 Å². The topological polar surface area (TPSA) is 84.2 Å². The fourth-order valence-electron chi connectivity index (χ4n) is 2.44. The van der Waals surface area contributed by atoms with Crippen LogP contribution in [0.15, 0.2) is 0 Å². The molecule has 1 saturated carbocycles. The minimum atomic E-state index is -0.640. The van der Waals surface area contributed by atoms with Crippen LogP contribution in [0.2, 0.25) is 0 Å². The van der Waals surface area contributed by atoms with Crippen LogP contribution in [0.25, 0.3) is 0 Å². The Hall–Kier alpha value is -0.910. The van der Waals surface area contributed by atoms with Crippen LogP contribution in [-0.2, 0) is 4.79 Å². The van der Waals surface area contributed by atoms with Crippen molar-refractivity contribution in [2.45, 2.75) is 44.6 Å². The average molecular weight is 287 g/mol. The summed E-state index contributed by atoms with van der Waals surface area (Å²) in [4.78, 5) is 22.9. The molecule has 0 heterocycles. The lowest BCUT2D eigenvalue weighted by atomic mass is 9.89. The van der Waals surface area contributed by atoms with Crippen LogP contribution in [-0.4, -0.2) is 36.5 Å². The Balaban J connectivity index is 2.34. The molecule has 0 aromatic rings. The largest absolute Gasteiger partial charge is 0.354 e. The predicted octanol–water partition coefficient (Wildman–Crippen LogP) is 1.47. The van der Waals surface area contributed by atoms with Gasteiger partial charge in [-0.05, 0) is 37.2 Å². The zero-order valence-corrected chi connectivity index (χ0v) is 12.4. The number of carbonyl (C=O) groups is 2. The van der Waals surface area contributed by atoms with E-state index < -0.39 is 12.1 Å². The van der Waals surface area contributed by atoms with Crippen molar-refractivity contribution in [2.24, 2.45) is 11.7 Å². The second kappa shape index (κ2) is 9.07. The van der Waals surface area contributed by atoms with Gasteiger partial charge in [0, 0.05) is 6.54 Å². The van der Waals surface area contributed by atoms with Crippen LogP contribution >= 0.6 is 11.8 Å². The van der Waals surface area contributed by atoms with Gasteiger partial charge >= 0.3 is 6.03 Å². The lowest BCUT2D eigenvalue weighted by Crippen LogP contribution is -2.49. The summed E-state index contributed by atoms with van der Waals surface area (Å²) in [5, 5.41) is 5.46. The molecule has 6 heteroatoms. The molecule has 0 saturated heterocycles. The van der Waals surface area contributed by atoms with Crippen LogP contribution in [0.5, 0.6) is 0 Å². The van der Waals surface area contributed by atoms with E-state index in [1.165, 1.54) is 32.1 Å². The molecule has 0 aromatic carbocycles. The lowest BCUT2D eigenvalue weighted by molar-refractivity contribution is -0.123. The Morgan fingerprint density at radius 2 is 2.00 bits per heavy atom. The van der Waals surface area contributed by atoms with Crippen LogP contribution in [0, 0.1) is 5.92 Å². The number of thioether (sulfide) groups is 1. The fraction of sp³-hybridized carbons (Fsp3) is 0.846. The van der Waals surface area contributed by atoms with Gasteiger partial charge in [-0.2, -0.15) is 11.8 Å². The SMILES string of the molecule is CSCC[C@@H](NC(N)=O)C(=O)NCC1CCCCC1. The van der Waals surface area contributed by atoms with Gasteiger partial charge in [0.15, 0.2) is 0 Å². The van der Waals surface area contributed by atoms with Gasteiger partial charge in [0.25, 0.3) is 0 Å². The second-order valence-corrected chi connectivity index (χ2v) is 6.08. The van der Waals surface area contributed by atoms with Crippen LogP contribution in [0.3, 0.4) is 0 Å². The van der Waals surface area contributed by atoms with Gasteiger partial charge in [-0.25, -0.2) is 4.79 Å². The molecule has 1 fully saturated rings. The number of hydrogen-bond acceptors (Lipinski definition) is 3. The Bertz CT molecular complexity index is 294. The summed E-state index contributed by atoms with van der Waals surface area (Å²) in [5.41, 5.74) is 5.10. The van der Waals surface area contributed by atoms with Gasteiger partial charge in [-0.15, -0.1) is 0 Å². The maximum absolute atomic E-state index is 12.0. The van der Waals surface area contributed by atoms with Gasteiger partial charge in [0.1, 0.15) is 6.04 Å². The first kappa shape index (κ1) is 16.1. The number of carbonyl (C=O) groups excluding carboxylic acids is 2. The highest BCUT2D eigenvalue weighted by Crippen LogP contribution is 2.22. The van der Waals surface area contributed by atoms with Crippen LogP contribution < -0.4 is 16.4 Å². The summed E-state index contributed by atoms with van der Waals surface area (Å²) in [6.45, 7) is 0.717. The van der Waals surface area contributed by atoms with Crippen molar-refractivity contribution in [1.82, 2.24) is 10.6 Å². The summed E-state index contributed by atoms with van der Waals surface area (Å²) in [7, 11) is 0. The molecule has 0 unspecified atom stereocenters. The van der Waals surface area contributed by atoms with Crippen LogP contribution in [0.1, 0.15) is 38.5 Å². The highest BCUT2D eigenvalue weighted by Gasteiger charge is 2.21. The highest BCUT2D eigenvalue weighted by molar-refractivity contribution is 7.98. The van der Waals surface area contributed by atoms with E-state index in [0.717, 1.165) is 12.3 Å². The van der Waals surface area contributed by atoms with Crippen molar-refractivity contribution in [3.8, 4) is 0 Å². The summed E-state index contributed by atoms with van der Waals surface area (Å²) in [6, 6.07) is -1.15. The first-order chi connectivity index (χ1) is 9.13. The fourth-order valence-corrected chi connectivity index (χ4v) is 2.91. The minimum Gasteiger partial charge on any atom is -0.354 e. The van der Waals surface area contributed by atoms with Crippen molar-refractivity contribution in [2.75, 3.05) is 18.6 Å². The maximum atomic E-state index is 12.0. The molecule has 1 atom stereocenters. The first-order valence-corrected chi connectivity index (χ1v) is 8.35. The average Bonchev–Trinajstić information content (AvgIpc) is 2.41. The molecule has 0 bridgehead atoms. The van der Waals surface area contributed by atoms with Crippen molar-refractivity contribution >= 4 is 23.7 Å².